The summed E-state index contributed by atoms with van der Waals surface area (Å²) in [6, 6.07) is 3.25. The second kappa shape index (κ2) is 8.82. The van der Waals surface area contributed by atoms with Crippen LogP contribution in [0.15, 0.2) is 36.4 Å². The van der Waals surface area contributed by atoms with Crippen LogP contribution >= 0.6 is 19.4 Å². The van der Waals surface area contributed by atoms with Gasteiger partial charge in [-0.2, -0.15) is 26.3 Å². The molecule has 0 fully saturated rings. The summed E-state index contributed by atoms with van der Waals surface area (Å²) in [4.78, 5) is 30.1. The lowest BCUT2D eigenvalue weighted by Gasteiger charge is -2.16. The number of alkyl halides is 6. The van der Waals surface area contributed by atoms with E-state index in [1.54, 1.807) is 5.32 Å². The molecular weight excluding hydrogens is 471 g/mol. The molecule has 0 unspecified atom stereocenters. The van der Waals surface area contributed by atoms with E-state index in [4.69, 9.17) is 21.4 Å². The highest BCUT2D eigenvalue weighted by Gasteiger charge is 2.37. The van der Waals surface area contributed by atoms with Crippen molar-refractivity contribution < 1.29 is 55.5 Å². The molecule has 0 saturated carbocycles. The summed E-state index contributed by atoms with van der Waals surface area (Å²) in [5, 5.41) is 1.69. The highest BCUT2D eigenvalue weighted by molar-refractivity contribution is 7.46. The van der Waals surface area contributed by atoms with Crippen molar-refractivity contribution >= 4 is 31.0 Å². The van der Waals surface area contributed by atoms with Crippen molar-refractivity contribution in [3.05, 3.63) is 58.1 Å². The highest BCUT2D eigenvalue weighted by atomic mass is 35.5. The maximum absolute atomic E-state index is 12.9. The third kappa shape index (κ3) is 6.89. The van der Waals surface area contributed by atoms with Crippen LogP contribution < -0.4 is 9.84 Å². The molecule has 2 aromatic carbocycles. The Bertz CT molecular complexity index is 958. The molecule has 0 heterocycles. The molecule has 0 bridgehead atoms. The Morgan fingerprint density at radius 1 is 0.967 bits per heavy atom. The van der Waals surface area contributed by atoms with E-state index in [1.165, 1.54) is 0 Å². The molecule has 0 saturated heterocycles. The van der Waals surface area contributed by atoms with Gasteiger partial charge < -0.3 is 15.3 Å². The molecular formula is C15H11ClF6NO6P. The number of hydrogen-bond acceptors (Lipinski definition) is 3. The first-order chi connectivity index (χ1) is 13.1. The van der Waals surface area contributed by atoms with Gasteiger partial charge in [0.1, 0.15) is 5.75 Å². The lowest BCUT2D eigenvalue weighted by molar-refractivity contribution is -0.143. The molecule has 0 atom stereocenters. The Balaban J connectivity index is 0.00000450. The summed E-state index contributed by atoms with van der Waals surface area (Å²) < 4.78 is 92.6. The lowest BCUT2D eigenvalue weighted by atomic mass is 10.1. The Labute approximate surface area is 168 Å². The van der Waals surface area contributed by atoms with Crippen molar-refractivity contribution in [1.82, 2.24) is 0 Å². The van der Waals surface area contributed by atoms with Crippen LogP contribution in [0.1, 0.15) is 21.5 Å². The minimum Gasteiger partial charge on any atom is -0.412 e. The van der Waals surface area contributed by atoms with Crippen molar-refractivity contribution in [2.45, 2.75) is 12.4 Å². The summed E-state index contributed by atoms with van der Waals surface area (Å²) in [5.41, 5.74) is -4.83. The van der Waals surface area contributed by atoms with Gasteiger partial charge in [-0.05, 0) is 36.4 Å². The van der Waals surface area contributed by atoms with Gasteiger partial charge in [-0.3, -0.25) is 14.6 Å². The maximum Gasteiger partial charge on any atom is 0.524 e. The third-order valence-corrected chi connectivity index (χ3v) is 3.92. The van der Waals surface area contributed by atoms with Crippen molar-refractivity contribution in [3.8, 4) is 5.75 Å². The van der Waals surface area contributed by atoms with E-state index in [-0.39, 0.29) is 28.7 Å². The van der Waals surface area contributed by atoms with E-state index in [2.05, 4.69) is 4.52 Å². The molecule has 15 heteroatoms. The van der Waals surface area contributed by atoms with Gasteiger partial charge in [-0.25, -0.2) is 4.57 Å². The summed E-state index contributed by atoms with van der Waals surface area (Å²) in [5.74, 6) is -2.01. The SMILES string of the molecule is O.O=C(Nc1cc(C(F)(F)F)cc(C(F)(F)F)c1)c1cc(Cl)ccc1OP(=O)(O)O. The summed E-state index contributed by atoms with van der Waals surface area (Å²) in [6.45, 7) is 0. The van der Waals surface area contributed by atoms with Gasteiger partial charge in [0.25, 0.3) is 5.91 Å². The van der Waals surface area contributed by atoms with Crippen LogP contribution in [0.2, 0.25) is 5.02 Å². The number of nitrogens with one attached hydrogen (secondary N) is 1. The molecule has 0 radical (unpaired) electrons. The van der Waals surface area contributed by atoms with E-state index in [9.17, 15) is 35.7 Å². The topological polar surface area (TPSA) is 127 Å². The molecule has 7 nitrogen and oxygen atoms in total. The number of benzene rings is 2. The summed E-state index contributed by atoms with van der Waals surface area (Å²) in [7, 11) is -5.13. The van der Waals surface area contributed by atoms with Gasteiger partial charge in [0.2, 0.25) is 0 Å². The molecule has 0 aliphatic heterocycles. The number of amides is 1. The number of carbonyl (C=O) groups is 1. The molecule has 0 aromatic heterocycles. The fourth-order valence-electron chi connectivity index (χ4n) is 2.11. The zero-order chi connectivity index (χ0) is 22.2. The van der Waals surface area contributed by atoms with E-state index in [1.807, 2.05) is 0 Å². The van der Waals surface area contributed by atoms with Crippen molar-refractivity contribution in [1.29, 1.82) is 0 Å². The van der Waals surface area contributed by atoms with Crippen LogP contribution in [-0.4, -0.2) is 21.2 Å². The fourth-order valence-corrected chi connectivity index (χ4v) is 2.70. The zero-order valence-corrected chi connectivity index (χ0v) is 15.8. The molecule has 0 aliphatic carbocycles. The largest absolute Gasteiger partial charge is 0.524 e. The first-order valence-electron chi connectivity index (χ1n) is 7.22. The van der Waals surface area contributed by atoms with Crippen LogP contribution in [-0.2, 0) is 16.9 Å². The van der Waals surface area contributed by atoms with Crippen LogP contribution in [0.5, 0.6) is 5.75 Å². The van der Waals surface area contributed by atoms with E-state index in [0.29, 0.717) is 0 Å². The number of hydrogen-bond donors (Lipinski definition) is 3. The Morgan fingerprint density at radius 3 is 1.90 bits per heavy atom. The number of carbonyl (C=O) groups excluding carboxylic acids is 1. The number of phosphoric ester groups is 1. The van der Waals surface area contributed by atoms with Crippen molar-refractivity contribution in [3.63, 3.8) is 0 Å². The molecule has 2 rings (SSSR count). The van der Waals surface area contributed by atoms with E-state index in [0.717, 1.165) is 18.2 Å². The Kier molecular flexibility index (Phi) is 7.56. The van der Waals surface area contributed by atoms with Gasteiger partial charge in [0.05, 0.1) is 16.7 Å². The standard InChI is InChI=1S/C15H9ClF6NO5P.H2O/c16-9-1-2-12(28-29(25,26)27)11(6-9)13(24)23-10-4-7(14(17,18)19)3-8(5-10)15(20,21)22;/h1-6H,(H,23,24)(H2,25,26,27);1H2. The maximum atomic E-state index is 12.9. The molecule has 1 amide bonds. The predicted octanol–water partition coefficient (Wildman–Crippen LogP) is 4.28. The molecule has 30 heavy (non-hydrogen) atoms. The van der Waals surface area contributed by atoms with E-state index < -0.39 is 54.2 Å². The molecule has 166 valence electrons. The number of anilines is 1. The summed E-state index contributed by atoms with van der Waals surface area (Å²) >= 11 is 5.68. The second-order valence-corrected chi connectivity index (χ2v) is 7.07. The number of halogens is 7. The minimum atomic E-state index is -5.13. The Morgan fingerprint density at radius 2 is 1.47 bits per heavy atom. The normalized spacial score (nSPS) is 12.2. The quantitative estimate of drug-likeness (QED) is 0.444. The van der Waals surface area contributed by atoms with E-state index >= 15 is 0 Å². The molecule has 2 aromatic rings. The van der Waals surface area contributed by atoms with Crippen LogP contribution in [0.3, 0.4) is 0 Å². The molecule has 0 spiro atoms. The molecule has 0 aliphatic rings. The van der Waals surface area contributed by atoms with Crippen LogP contribution in [0, 0.1) is 0 Å². The summed E-state index contributed by atoms with van der Waals surface area (Å²) in [6.07, 6.45) is -10.3. The van der Waals surface area contributed by atoms with Crippen LogP contribution in [0.25, 0.3) is 0 Å². The second-order valence-electron chi connectivity index (χ2n) is 5.47. The van der Waals surface area contributed by atoms with Crippen molar-refractivity contribution in [2.24, 2.45) is 0 Å². The minimum absolute atomic E-state index is 0. The zero-order valence-electron chi connectivity index (χ0n) is 14.2. The van der Waals surface area contributed by atoms with Crippen molar-refractivity contribution in [2.75, 3.05) is 5.32 Å². The lowest BCUT2D eigenvalue weighted by Crippen LogP contribution is -2.16. The molecule has 5 N–H and O–H groups in total. The highest BCUT2D eigenvalue weighted by Crippen LogP contribution is 2.41. The smallest absolute Gasteiger partial charge is 0.412 e. The van der Waals surface area contributed by atoms with Gasteiger partial charge in [-0.1, -0.05) is 11.6 Å². The monoisotopic (exact) mass is 481 g/mol. The first-order valence-corrected chi connectivity index (χ1v) is 9.12. The van der Waals surface area contributed by atoms with Crippen LogP contribution in [0.4, 0.5) is 32.0 Å². The number of phosphoric acid groups is 1. The van der Waals surface area contributed by atoms with Gasteiger partial charge in [0.15, 0.2) is 0 Å². The number of rotatable bonds is 4. The fraction of sp³-hybridized carbons (Fsp3) is 0.133. The van der Waals surface area contributed by atoms with Gasteiger partial charge in [0, 0.05) is 10.7 Å². The Hall–Kier alpha value is -2.31. The van der Waals surface area contributed by atoms with Gasteiger partial charge in [-0.15, -0.1) is 0 Å². The third-order valence-electron chi connectivity index (χ3n) is 3.25. The first kappa shape index (κ1) is 25.7. The predicted molar refractivity (Wildman–Crippen MR) is 92.1 cm³/mol. The average molecular weight is 482 g/mol. The van der Waals surface area contributed by atoms with Gasteiger partial charge >= 0.3 is 20.2 Å². The average Bonchev–Trinajstić information content (AvgIpc) is 2.53.